The Bertz CT molecular complexity index is 292. The van der Waals surface area contributed by atoms with Crippen molar-refractivity contribution in [1.29, 1.82) is 0 Å². The van der Waals surface area contributed by atoms with Crippen LogP contribution >= 0.6 is 15.9 Å². The largest absolute Gasteiger partial charge is 0.310 e. The van der Waals surface area contributed by atoms with E-state index < -0.39 is 0 Å². The quantitative estimate of drug-likeness (QED) is 0.806. The standard InChI is InChI=1S/C10H11BrFN/c1-3-9(13-2)10-7(11)5-4-6-8(10)12/h3-6,9,13H,1H2,2H3. The molecule has 0 heterocycles. The minimum Gasteiger partial charge on any atom is -0.310 e. The Kier molecular flexibility index (Phi) is 3.63. The molecule has 1 atom stereocenters. The van der Waals surface area contributed by atoms with E-state index in [4.69, 9.17) is 0 Å². The van der Waals surface area contributed by atoms with E-state index in [1.807, 2.05) is 6.07 Å². The highest BCUT2D eigenvalue weighted by Gasteiger charge is 2.13. The second kappa shape index (κ2) is 4.53. The van der Waals surface area contributed by atoms with E-state index in [9.17, 15) is 4.39 Å². The molecule has 1 aromatic rings. The summed E-state index contributed by atoms with van der Waals surface area (Å²) in [5.41, 5.74) is 0.597. The summed E-state index contributed by atoms with van der Waals surface area (Å²) >= 11 is 3.30. The predicted molar refractivity (Wildman–Crippen MR) is 56.1 cm³/mol. The van der Waals surface area contributed by atoms with Crippen molar-refractivity contribution in [2.24, 2.45) is 0 Å². The molecule has 0 spiro atoms. The van der Waals surface area contributed by atoms with E-state index >= 15 is 0 Å². The molecule has 0 aromatic heterocycles. The average molecular weight is 244 g/mol. The van der Waals surface area contributed by atoms with Gasteiger partial charge in [0.1, 0.15) is 5.82 Å². The van der Waals surface area contributed by atoms with Crippen LogP contribution in [-0.2, 0) is 0 Å². The monoisotopic (exact) mass is 243 g/mol. The molecule has 0 bridgehead atoms. The number of likely N-dealkylation sites (N-methyl/N-ethyl adjacent to an activating group) is 1. The van der Waals surface area contributed by atoms with Gasteiger partial charge in [-0.1, -0.05) is 28.1 Å². The van der Waals surface area contributed by atoms with Gasteiger partial charge in [-0.05, 0) is 19.2 Å². The number of rotatable bonds is 3. The van der Waals surface area contributed by atoms with Crippen LogP contribution in [0.1, 0.15) is 11.6 Å². The van der Waals surface area contributed by atoms with Gasteiger partial charge in [0.15, 0.2) is 0 Å². The number of nitrogens with one attached hydrogen (secondary N) is 1. The van der Waals surface area contributed by atoms with Crippen LogP contribution in [0.3, 0.4) is 0 Å². The number of hydrogen-bond donors (Lipinski definition) is 1. The molecule has 0 saturated heterocycles. The lowest BCUT2D eigenvalue weighted by Gasteiger charge is -2.14. The summed E-state index contributed by atoms with van der Waals surface area (Å²) in [5, 5.41) is 2.96. The lowest BCUT2D eigenvalue weighted by molar-refractivity contribution is 0.580. The molecular formula is C10H11BrFN. The van der Waals surface area contributed by atoms with Crippen LogP contribution in [0.25, 0.3) is 0 Å². The smallest absolute Gasteiger partial charge is 0.129 e. The maximum atomic E-state index is 13.4. The van der Waals surface area contributed by atoms with Crippen molar-refractivity contribution < 1.29 is 4.39 Å². The van der Waals surface area contributed by atoms with Crippen molar-refractivity contribution in [3.8, 4) is 0 Å². The zero-order chi connectivity index (χ0) is 9.84. The molecule has 0 saturated carbocycles. The highest BCUT2D eigenvalue weighted by atomic mass is 79.9. The summed E-state index contributed by atoms with van der Waals surface area (Å²) in [5.74, 6) is -0.228. The third-order valence-electron chi connectivity index (χ3n) is 1.86. The number of benzene rings is 1. The number of hydrogen-bond acceptors (Lipinski definition) is 1. The van der Waals surface area contributed by atoms with Crippen molar-refractivity contribution in [3.63, 3.8) is 0 Å². The molecule has 70 valence electrons. The Labute approximate surface area is 85.8 Å². The summed E-state index contributed by atoms with van der Waals surface area (Å²) in [6, 6.07) is 4.76. The Balaban J connectivity index is 3.17. The Morgan fingerprint density at radius 2 is 2.31 bits per heavy atom. The summed E-state index contributed by atoms with van der Waals surface area (Å²) in [6.07, 6.45) is 1.67. The van der Waals surface area contributed by atoms with E-state index in [1.54, 1.807) is 19.2 Å². The van der Waals surface area contributed by atoms with Gasteiger partial charge in [-0.15, -0.1) is 6.58 Å². The van der Waals surface area contributed by atoms with Gasteiger partial charge in [0.25, 0.3) is 0 Å². The van der Waals surface area contributed by atoms with Crippen LogP contribution in [0.15, 0.2) is 35.3 Å². The normalized spacial score (nSPS) is 12.5. The summed E-state index contributed by atoms with van der Waals surface area (Å²) in [6.45, 7) is 3.64. The topological polar surface area (TPSA) is 12.0 Å². The van der Waals surface area contributed by atoms with E-state index in [0.29, 0.717) is 5.56 Å². The second-order valence-corrected chi connectivity index (χ2v) is 3.49. The van der Waals surface area contributed by atoms with Crippen LogP contribution in [0, 0.1) is 5.82 Å². The van der Waals surface area contributed by atoms with E-state index in [-0.39, 0.29) is 11.9 Å². The van der Waals surface area contributed by atoms with Gasteiger partial charge in [0.05, 0.1) is 6.04 Å². The molecular weight excluding hydrogens is 233 g/mol. The second-order valence-electron chi connectivity index (χ2n) is 2.64. The van der Waals surface area contributed by atoms with Gasteiger partial charge in [-0.2, -0.15) is 0 Å². The van der Waals surface area contributed by atoms with Crippen molar-refractivity contribution in [1.82, 2.24) is 5.32 Å². The van der Waals surface area contributed by atoms with Crippen LogP contribution in [0.2, 0.25) is 0 Å². The fourth-order valence-electron chi connectivity index (χ4n) is 1.19. The first-order chi connectivity index (χ1) is 6.20. The molecule has 0 aliphatic carbocycles. The summed E-state index contributed by atoms with van der Waals surface area (Å²) < 4.78 is 14.1. The fraction of sp³-hybridized carbons (Fsp3) is 0.200. The average Bonchev–Trinajstić information content (AvgIpc) is 2.11. The molecule has 3 heteroatoms. The Hall–Kier alpha value is -0.670. The highest BCUT2D eigenvalue weighted by Crippen LogP contribution is 2.26. The van der Waals surface area contributed by atoms with Crippen LogP contribution in [-0.4, -0.2) is 7.05 Å². The maximum Gasteiger partial charge on any atom is 0.129 e. The zero-order valence-electron chi connectivity index (χ0n) is 7.35. The van der Waals surface area contributed by atoms with Gasteiger partial charge < -0.3 is 5.32 Å². The molecule has 1 unspecified atom stereocenters. The van der Waals surface area contributed by atoms with Gasteiger partial charge >= 0.3 is 0 Å². The minimum atomic E-state index is -0.228. The van der Waals surface area contributed by atoms with Gasteiger partial charge in [-0.3, -0.25) is 0 Å². The van der Waals surface area contributed by atoms with Crippen molar-refractivity contribution in [3.05, 3.63) is 46.7 Å². The molecule has 0 aliphatic rings. The molecule has 1 nitrogen and oxygen atoms in total. The first-order valence-corrected chi connectivity index (χ1v) is 4.73. The lowest BCUT2D eigenvalue weighted by Crippen LogP contribution is -2.15. The molecule has 1 aromatic carbocycles. The zero-order valence-corrected chi connectivity index (χ0v) is 8.94. The Morgan fingerprint density at radius 1 is 1.62 bits per heavy atom. The van der Waals surface area contributed by atoms with Crippen LogP contribution in [0.5, 0.6) is 0 Å². The number of halogens is 2. The minimum absolute atomic E-state index is 0.157. The van der Waals surface area contributed by atoms with E-state index in [1.165, 1.54) is 6.07 Å². The third kappa shape index (κ3) is 2.17. The lowest BCUT2D eigenvalue weighted by atomic mass is 10.1. The fourth-order valence-corrected chi connectivity index (χ4v) is 1.78. The molecule has 0 amide bonds. The SMILES string of the molecule is C=CC(NC)c1c(F)cccc1Br. The molecule has 1 N–H and O–H groups in total. The first kappa shape index (κ1) is 10.4. The molecule has 0 aliphatic heterocycles. The van der Waals surface area contributed by atoms with Gasteiger partial charge in [-0.25, -0.2) is 4.39 Å². The summed E-state index contributed by atoms with van der Waals surface area (Å²) in [7, 11) is 1.77. The van der Waals surface area contributed by atoms with Crippen LogP contribution < -0.4 is 5.32 Å². The maximum absolute atomic E-state index is 13.4. The molecule has 0 radical (unpaired) electrons. The van der Waals surface area contributed by atoms with Crippen molar-refractivity contribution in [2.75, 3.05) is 7.05 Å². The van der Waals surface area contributed by atoms with Crippen molar-refractivity contribution >= 4 is 15.9 Å². The molecule has 13 heavy (non-hydrogen) atoms. The molecule has 1 rings (SSSR count). The Morgan fingerprint density at radius 3 is 2.77 bits per heavy atom. The van der Waals surface area contributed by atoms with Gasteiger partial charge in [0.2, 0.25) is 0 Å². The van der Waals surface area contributed by atoms with E-state index in [0.717, 1.165) is 4.47 Å². The van der Waals surface area contributed by atoms with Crippen molar-refractivity contribution in [2.45, 2.75) is 6.04 Å². The molecule has 0 fully saturated rings. The van der Waals surface area contributed by atoms with Gasteiger partial charge in [0, 0.05) is 10.0 Å². The predicted octanol–water partition coefficient (Wildman–Crippen LogP) is 3.03. The van der Waals surface area contributed by atoms with E-state index in [2.05, 4.69) is 27.8 Å². The summed E-state index contributed by atoms with van der Waals surface area (Å²) in [4.78, 5) is 0. The highest BCUT2D eigenvalue weighted by molar-refractivity contribution is 9.10. The third-order valence-corrected chi connectivity index (χ3v) is 2.55. The van der Waals surface area contributed by atoms with Crippen LogP contribution in [0.4, 0.5) is 4.39 Å². The first-order valence-electron chi connectivity index (χ1n) is 3.94.